The van der Waals surface area contributed by atoms with Crippen LogP contribution in [0.15, 0.2) is 41.3 Å². The van der Waals surface area contributed by atoms with E-state index < -0.39 is 4.92 Å². The summed E-state index contributed by atoms with van der Waals surface area (Å²) in [6.45, 7) is 0.0302. The molecule has 1 aromatic carbocycles. The summed E-state index contributed by atoms with van der Waals surface area (Å²) < 4.78 is 2.28. The molecule has 0 unspecified atom stereocenters. The maximum absolute atomic E-state index is 11.9. The lowest BCUT2D eigenvalue weighted by Crippen LogP contribution is -2.08. The number of carbonyl (C=O) groups is 1. The molecule has 2 rings (SSSR count). The second-order valence-electron chi connectivity index (χ2n) is 3.59. The highest BCUT2D eigenvalue weighted by atomic mass is 79.9. The molecule has 0 N–H and O–H groups in total. The molecule has 92 valence electrons. The van der Waals surface area contributed by atoms with Crippen molar-refractivity contribution in [3.05, 3.63) is 56.9 Å². The first kappa shape index (κ1) is 12.4. The maximum Gasteiger partial charge on any atom is 0.381 e. The molecular weight excluding hydrogens is 302 g/mol. The number of halogens is 1. The Kier molecular flexibility index (Phi) is 3.52. The number of aromatic nitrogens is 2. The Balaban J connectivity index is 2.11. The first-order valence-electron chi connectivity index (χ1n) is 5.01. The third-order valence-electron chi connectivity index (χ3n) is 2.30. The van der Waals surface area contributed by atoms with Gasteiger partial charge >= 0.3 is 5.82 Å². The van der Waals surface area contributed by atoms with Gasteiger partial charge in [0.25, 0.3) is 0 Å². The van der Waals surface area contributed by atoms with E-state index >= 15 is 0 Å². The van der Waals surface area contributed by atoms with Crippen molar-refractivity contribution < 1.29 is 9.72 Å². The minimum absolute atomic E-state index is 0.0302. The molecule has 18 heavy (non-hydrogen) atoms. The SMILES string of the molecule is O=C(Cn1cnc([N+](=O)[O-])c1)c1ccc(Br)cc1. The van der Waals surface area contributed by atoms with Crippen LogP contribution in [0.2, 0.25) is 0 Å². The normalized spacial score (nSPS) is 10.3. The number of Topliss-reactive ketones (excluding diaryl/α,β-unsaturated/α-hetero) is 1. The fraction of sp³-hybridized carbons (Fsp3) is 0.0909. The van der Waals surface area contributed by atoms with Gasteiger partial charge in [-0.15, -0.1) is 0 Å². The predicted molar refractivity (Wildman–Crippen MR) is 67.4 cm³/mol. The number of hydrogen-bond acceptors (Lipinski definition) is 4. The van der Waals surface area contributed by atoms with Crippen molar-refractivity contribution in [1.82, 2.24) is 9.55 Å². The molecule has 0 atom stereocenters. The molecule has 7 heteroatoms. The summed E-state index contributed by atoms with van der Waals surface area (Å²) in [5.74, 6) is -0.395. The highest BCUT2D eigenvalue weighted by molar-refractivity contribution is 9.10. The van der Waals surface area contributed by atoms with Gasteiger partial charge in [0, 0.05) is 10.0 Å². The lowest BCUT2D eigenvalue weighted by molar-refractivity contribution is -0.389. The average Bonchev–Trinajstić information content (AvgIpc) is 2.78. The monoisotopic (exact) mass is 309 g/mol. The molecule has 1 heterocycles. The maximum atomic E-state index is 11.9. The zero-order valence-electron chi connectivity index (χ0n) is 9.12. The van der Waals surface area contributed by atoms with E-state index in [1.165, 1.54) is 17.1 Å². The molecule has 2 aromatic rings. The summed E-state index contributed by atoms with van der Waals surface area (Å²) in [6, 6.07) is 6.92. The fourth-order valence-electron chi connectivity index (χ4n) is 1.42. The topological polar surface area (TPSA) is 78.0 Å². The second kappa shape index (κ2) is 5.09. The molecule has 0 aliphatic heterocycles. The Hall–Kier alpha value is -2.02. The van der Waals surface area contributed by atoms with Crippen LogP contribution in [-0.4, -0.2) is 20.3 Å². The minimum atomic E-state index is -0.597. The molecule has 0 spiro atoms. The van der Waals surface area contributed by atoms with Crippen molar-refractivity contribution in [3.8, 4) is 0 Å². The lowest BCUT2D eigenvalue weighted by atomic mass is 10.1. The van der Waals surface area contributed by atoms with Crippen molar-refractivity contribution in [2.75, 3.05) is 0 Å². The van der Waals surface area contributed by atoms with E-state index in [1.54, 1.807) is 24.3 Å². The van der Waals surface area contributed by atoms with Gasteiger partial charge in [0.1, 0.15) is 6.20 Å². The molecular formula is C11H8BrN3O3. The van der Waals surface area contributed by atoms with Crippen LogP contribution in [0, 0.1) is 10.1 Å². The van der Waals surface area contributed by atoms with Gasteiger partial charge in [-0.05, 0) is 22.0 Å². The van der Waals surface area contributed by atoms with Gasteiger partial charge in [-0.1, -0.05) is 28.1 Å². The summed E-state index contributed by atoms with van der Waals surface area (Å²) in [5, 5.41) is 10.4. The minimum Gasteiger partial charge on any atom is -0.358 e. The Morgan fingerprint density at radius 1 is 1.39 bits per heavy atom. The number of hydrogen-bond donors (Lipinski definition) is 0. The zero-order chi connectivity index (χ0) is 13.1. The molecule has 0 fully saturated rings. The molecule has 0 aliphatic rings. The summed E-state index contributed by atoms with van der Waals surface area (Å²) in [4.78, 5) is 25.3. The van der Waals surface area contributed by atoms with E-state index in [4.69, 9.17) is 0 Å². The van der Waals surface area contributed by atoms with E-state index in [0.29, 0.717) is 5.56 Å². The fourth-order valence-corrected chi connectivity index (χ4v) is 1.69. The lowest BCUT2D eigenvalue weighted by Gasteiger charge is -2.00. The number of benzene rings is 1. The van der Waals surface area contributed by atoms with Gasteiger partial charge in [0.2, 0.25) is 6.33 Å². The molecule has 0 saturated carbocycles. The van der Waals surface area contributed by atoms with E-state index in [0.717, 1.165) is 4.47 Å². The Morgan fingerprint density at radius 2 is 2.06 bits per heavy atom. The van der Waals surface area contributed by atoms with Crippen LogP contribution in [0.4, 0.5) is 5.82 Å². The Bertz CT molecular complexity index is 592. The van der Waals surface area contributed by atoms with Gasteiger partial charge < -0.3 is 14.7 Å². The van der Waals surface area contributed by atoms with E-state index in [9.17, 15) is 14.9 Å². The molecule has 0 radical (unpaired) electrons. The largest absolute Gasteiger partial charge is 0.381 e. The van der Waals surface area contributed by atoms with Gasteiger partial charge in [0.15, 0.2) is 5.78 Å². The molecule has 1 aromatic heterocycles. The average molecular weight is 310 g/mol. The van der Waals surface area contributed by atoms with Crippen LogP contribution < -0.4 is 0 Å². The number of rotatable bonds is 4. The first-order valence-corrected chi connectivity index (χ1v) is 5.80. The van der Waals surface area contributed by atoms with Crippen LogP contribution in [0.3, 0.4) is 0 Å². The zero-order valence-corrected chi connectivity index (χ0v) is 10.7. The first-order chi connectivity index (χ1) is 8.56. The van der Waals surface area contributed by atoms with Gasteiger partial charge in [-0.3, -0.25) is 4.79 Å². The molecule has 0 aliphatic carbocycles. The van der Waals surface area contributed by atoms with Crippen LogP contribution in [0.5, 0.6) is 0 Å². The standard InChI is InChI=1S/C11H8BrN3O3/c12-9-3-1-8(2-4-9)10(16)5-14-6-11(13-7-14)15(17)18/h1-4,6-7H,5H2. The van der Waals surface area contributed by atoms with E-state index in [-0.39, 0.29) is 18.1 Å². The summed E-state index contributed by atoms with van der Waals surface area (Å²) in [6.07, 6.45) is 2.51. The molecule has 0 amide bonds. The van der Waals surface area contributed by atoms with Crippen LogP contribution in [0.25, 0.3) is 0 Å². The van der Waals surface area contributed by atoms with E-state index in [2.05, 4.69) is 20.9 Å². The third kappa shape index (κ3) is 2.80. The van der Waals surface area contributed by atoms with Gasteiger partial charge in [-0.25, -0.2) is 0 Å². The highest BCUT2D eigenvalue weighted by Crippen LogP contribution is 2.12. The quantitative estimate of drug-likeness (QED) is 0.493. The Morgan fingerprint density at radius 3 is 2.61 bits per heavy atom. The summed E-state index contributed by atoms with van der Waals surface area (Å²) >= 11 is 3.28. The van der Waals surface area contributed by atoms with Gasteiger partial charge in [-0.2, -0.15) is 0 Å². The predicted octanol–water partition coefficient (Wildman–Crippen LogP) is 2.44. The highest BCUT2D eigenvalue weighted by Gasteiger charge is 2.13. The van der Waals surface area contributed by atoms with Crippen molar-refractivity contribution in [2.24, 2.45) is 0 Å². The molecule has 0 saturated heterocycles. The second-order valence-corrected chi connectivity index (χ2v) is 4.51. The van der Waals surface area contributed by atoms with Crippen molar-refractivity contribution in [1.29, 1.82) is 0 Å². The number of nitrogens with zero attached hydrogens (tertiary/aromatic N) is 3. The number of imidazole rings is 1. The van der Waals surface area contributed by atoms with Crippen LogP contribution >= 0.6 is 15.9 Å². The number of nitro groups is 1. The summed E-state index contributed by atoms with van der Waals surface area (Å²) in [7, 11) is 0. The number of carbonyl (C=O) groups excluding carboxylic acids is 1. The smallest absolute Gasteiger partial charge is 0.358 e. The van der Waals surface area contributed by atoms with Crippen LogP contribution in [0.1, 0.15) is 10.4 Å². The van der Waals surface area contributed by atoms with Crippen LogP contribution in [-0.2, 0) is 6.54 Å². The third-order valence-corrected chi connectivity index (χ3v) is 2.83. The van der Waals surface area contributed by atoms with E-state index in [1.807, 2.05) is 0 Å². The van der Waals surface area contributed by atoms with Gasteiger partial charge in [0.05, 0.1) is 6.54 Å². The molecule has 0 bridgehead atoms. The molecule has 6 nitrogen and oxygen atoms in total. The Labute approximate surface area is 111 Å². The summed E-state index contributed by atoms with van der Waals surface area (Å²) in [5.41, 5.74) is 0.551. The van der Waals surface area contributed by atoms with Crippen molar-refractivity contribution in [2.45, 2.75) is 6.54 Å². The van der Waals surface area contributed by atoms with Crippen molar-refractivity contribution >= 4 is 27.5 Å². The number of ketones is 1. The van der Waals surface area contributed by atoms with Crippen molar-refractivity contribution in [3.63, 3.8) is 0 Å².